The predicted molar refractivity (Wildman–Crippen MR) is 48.9 cm³/mol. The number of nitrogens with zero attached hydrogens (tertiary/aromatic N) is 1. The van der Waals surface area contributed by atoms with Gasteiger partial charge < -0.3 is 10.0 Å². The highest BCUT2D eigenvalue weighted by molar-refractivity contribution is 7.08. The van der Waals surface area contributed by atoms with E-state index in [1.54, 1.807) is 16.8 Å². The molecule has 0 saturated heterocycles. The fourth-order valence-corrected chi connectivity index (χ4v) is 1.51. The fourth-order valence-electron chi connectivity index (χ4n) is 0.881. The van der Waals surface area contributed by atoms with Crippen molar-refractivity contribution >= 4 is 23.2 Å². The molecule has 13 heavy (non-hydrogen) atoms. The van der Waals surface area contributed by atoms with Crippen LogP contribution in [-0.2, 0) is 4.79 Å². The van der Waals surface area contributed by atoms with E-state index in [-0.39, 0.29) is 12.5 Å². The van der Waals surface area contributed by atoms with Crippen molar-refractivity contribution in [3.63, 3.8) is 0 Å². The Bertz CT molecular complexity index is 307. The van der Waals surface area contributed by atoms with Crippen molar-refractivity contribution in [1.29, 1.82) is 0 Å². The number of likely N-dealkylation sites (N-methyl/N-ethyl adjacent to an activating group) is 1. The van der Waals surface area contributed by atoms with Gasteiger partial charge in [-0.25, -0.2) is 0 Å². The van der Waals surface area contributed by atoms with Crippen molar-refractivity contribution in [2.75, 3.05) is 13.6 Å². The van der Waals surface area contributed by atoms with Crippen LogP contribution in [-0.4, -0.2) is 35.5 Å². The quantitative estimate of drug-likeness (QED) is 0.787. The summed E-state index contributed by atoms with van der Waals surface area (Å²) in [5.41, 5.74) is 0.536. The molecule has 0 radical (unpaired) electrons. The van der Waals surface area contributed by atoms with Gasteiger partial charge in [0, 0.05) is 12.4 Å². The molecule has 1 amide bonds. The van der Waals surface area contributed by atoms with E-state index >= 15 is 0 Å². The Morgan fingerprint density at radius 1 is 1.62 bits per heavy atom. The highest BCUT2D eigenvalue weighted by Crippen LogP contribution is 2.08. The number of carbonyl (C=O) groups excluding carboxylic acids is 1. The molecular weight excluding hydrogens is 190 g/mol. The van der Waals surface area contributed by atoms with Crippen LogP contribution in [0.1, 0.15) is 10.4 Å². The smallest absolute Gasteiger partial charge is 0.323 e. The summed E-state index contributed by atoms with van der Waals surface area (Å²) >= 11 is 1.41. The average molecular weight is 199 g/mol. The molecule has 1 aromatic heterocycles. The molecule has 0 aromatic carbocycles. The van der Waals surface area contributed by atoms with Gasteiger partial charge in [0.15, 0.2) is 0 Å². The molecule has 0 aliphatic carbocycles. The second kappa shape index (κ2) is 4.04. The fraction of sp³-hybridized carbons (Fsp3) is 0.250. The molecule has 70 valence electrons. The van der Waals surface area contributed by atoms with E-state index in [0.29, 0.717) is 5.56 Å². The number of hydrogen-bond donors (Lipinski definition) is 1. The van der Waals surface area contributed by atoms with Gasteiger partial charge in [0.1, 0.15) is 6.54 Å². The first kappa shape index (κ1) is 9.73. The topological polar surface area (TPSA) is 57.6 Å². The monoisotopic (exact) mass is 199 g/mol. The minimum atomic E-state index is -1.01. The third-order valence-corrected chi connectivity index (χ3v) is 2.17. The number of carboxylic acids is 1. The highest BCUT2D eigenvalue weighted by atomic mass is 32.1. The Morgan fingerprint density at radius 3 is 2.77 bits per heavy atom. The largest absolute Gasteiger partial charge is 0.480 e. The molecule has 1 heterocycles. The summed E-state index contributed by atoms with van der Waals surface area (Å²) in [5, 5.41) is 11.9. The highest BCUT2D eigenvalue weighted by Gasteiger charge is 2.13. The van der Waals surface area contributed by atoms with E-state index in [1.807, 2.05) is 0 Å². The third-order valence-electron chi connectivity index (χ3n) is 1.49. The van der Waals surface area contributed by atoms with Crippen LogP contribution in [0, 0.1) is 0 Å². The van der Waals surface area contributed by atoms with Gasteiger partial charge in [-0.1, -0.05) is 0 Å². The van der Waals surface area contributed by atoms with E-state index in [0.717, 1.165) is 0 Å². The SMILES string of the molecule is CN(CC(=O)O)C(=O)c1ccsc1. The van der Waals surface area contributed by atoms with E-state index in [9.17, 15) is 9.59 Å². The Kier molecular flexibility index (Phi) is 3.02. The van der Waals surface area contributed by atoms with Crippen LogP contribution in [0.25, 0.3) is 0 Å². The molecule has 4 nitrogen and oxygen atoms in total. The number of rotatable bonds is 3. The first-order valence-electron chi connectivity index (χ1n) is 3.60. The predicted octanol–water partition coefficient (Wildman–Crippen LogP) is 0.905. The minimum absolute atomic E-state index is 0.261. The van der Waals surface area contributed by atoms with Crippen LogP contribution in [0.5, 0.6) is 0 Å². The summed E-state index contributed by atoms with van der Waals surface area (Å²) in [4.78, 5) is 22.9. The van der Waals surface area contributed by atoms with Crippen molar-refractivity contribution < 1.29 is 14.7 Å². The summed E-state index contributed by atoms with van der Waals surface area (Å²) < 4.78 is 0. The van der Waals surface area contributed by atoms with Gasteiger partial charge >= 0.3 is 5.97 Å². The lowest BCUT2D eigenvalue weighted by Crippen LogP contribution is -2.31. The van der Waals surface area contributed by atoms with Crippen LogP contribution >= 0.6 is 11.3 Å². The van der Waals surface area contributed by atoms with Crippen LogP contribution < -0.4 is 0 Å². The molecule has 0 fully saturated rings. The first-order chi connectivity index (χ1) is 6.11. The third kappa shape index (κ3) is 2.55. The molecular formula is C8H9NO3S. The van der Waals surface area contributed by atoms with Crippen molar-refractivity contribution in [1.82, 2.24) is 4.90 Å². The van der Waals surface area contributed by atoms with Gasteiger partial charge in [-0.15, -0.1) is 0 Å². The van der Waals surface area contributed by atoms with Gasteiger partial charge in [-0.05, 0) is 11.4 Å². The van der Waals surface area contributed by atoms with Crippen LogP contribution in [0.15, 0.2) is 16.8 Å². The standard InChI is InChI=1S/C8H9NO3S/c1-9(4-7(10)11)8(12)6-2-3-13-5-6/h2-3,5H,4H2,1H3,(H,10,11). The molecule has 0 atom stereocenters. The van der Waals surface area contributed by atoms with Gasteiger partial charge in [-0.2, -0.15) is 11.3 Å². The molecule has 0 unspecified atom stereocenters. The lowest BCUT2D eigenvalue weighted by atomic mass is 10.3. The summed E-state index contributed by atoms with van der Waals surface area (Å²) in [6, 6.07) is 1.67. The molecule has 0 aliphatic heterocycles. The van der Waals surface area contributed by atoms with E-state index < -0.39 is 5.97 Å². The minimum Gasteiger partial charge on any atom is -0.480 e. The van der Waals surface area contributed by atoms with Gasteiger partial charge in [0.2, 0.25) is 0 Å². The molecule has 1 aromatic rings. The second-order valence-corrected chi connectivity index (χ2v) is 3.35. The molecule has 0 bridgehead atoms. The number of amides is 1. The lowest BCUT2D eigenvalue weighted by Gasteiger charge is -2.12. The van der Waals surface area contributed by atoms with E-state index in [2.05, 4.69) is 0 Å². The normalized spacial score (nSPS) is 9.62. The van der Waals surface area contributed by atoms with Crippen molar-refractivity contribution in [3.8, 4) is 0 Å². The Balaban J connectivity index is 2.63. The van der Waals surface area contributed by atoms with Crippen molar-refractivity contribution in [2.45, 2.75) is 0 Å². The maximum Gasteiger partial charge on any atom is 0.323 e. The first-order valence-corrected chi connectivity index (χ1v) is 4.55. The Labute approximate surface area is 79.4 Å². The molecule has 0 aliphatic rings. The van der Waals surface area contributed by atoms with Crippen molar-refractivity contribution in [2.24, 2.45) is 0 Å². The molecule has 0 spiro atoms. The average Bonchev–Trinajstić information content (AvgIpc) is 2.53. The second-order valence-electron chi connectivity index (χ2n) is 2.57. The lowest BCUT2D eigenvalue weighted by molar-refractivity contribution is -0.137. The Morgan fingerprint density at radius 2 is 2.31 bits per heavy atom. The zero-order valence-corrected chi connectivity index (χ0v) is 7.87. The van der Waals surface area contributed by atoms with E-state index in [4.69, 9.17) is 5.11 Å². The maximum atomic E-state index is 11.4. The molecule has 1 N–H and O–H groups in total. The van der Waals surface area contributed by atoms with Crippen LogP contribution in [0.2, 0.25) is 0 Å². The number of aliphatic carboxylic acids is 1. The zero-order valence-electron chi connectivity index (χ0n) is 7.06. The van der Waals surface area contributed by atoms with Crippen molar-refractivity contribution in [3.05, 3.63) is 22.4 Å². The maximum absolute atomic E-state index is 11.4. The molecule has 1 rings (SSSR count). The summed E-state index contributed by atoms with van der Waals surface area (Å²) in [6.45, 7) is -0.269. The van der Waals surface area contributed by atoms with Gasteiger partial charge in [0.25, 0.3) is 5.91 Å². The van der Waals surface area contributed by atoms with Gasteiger partial charge in [-0.3, -0.25) is 9.59 Å². The number of carboxylic acid groups (broad SMARTS) is 1. The zero-order chi connectivity index (χ0) is 9.84. The Hall–Kier alpha value is -1.36. The van der Waals surface area contributed by atoms with Crippen LogP contribution in [0.4, 0.5) is 0 Å². The van der Waals surface area contributed by atoms with Crippen LogP contribution in [0.3, 0.4) is 0 Å². The summed E-state index contributed by atoms with van der Waals surface area (Å²) in [7, 11) is 1.47. The number of thiophene rings is 1. The summed E-state index contributed by atoms with van der Waals surface area (Å²) in [5.74, 6) is -1.27. The molecule has 5 heteroatoms. The van der Waals surface area contributed by atoms with E-state index in [1.165, 1.54) is 23.3 Å². The number of carbonyl (C=O) groups is 2. The van der Waals surface area contributed by atoms with Gasteiger partial charge in [0.05, 0.1) is 5.56 Å². The molecule has 0 saturated carbocycles. The summed E-state index contributed by atoms with van der Waals surface area (Å²) in [6.07, 6.45) is 0. The number of hydrogen-bond acceptors (Lipinski definition) is 3.